The van der Waals surface area contributed by atoms with Crippen LogP contribution in [-0.2, 0) is 31.9 Å². The fraction of sp³-hybridized carbons (Fsp3) is 0.364. The van der Waals surface area contributed by atoms with Crippen molar-refractivity contribution in [1.29, 1.82) is 0 Å². The molecule has 0 bridgehead atoms. The average molecular weight is 386 g/mol. The molecule has 0 aliphatic rings. The molecule has 0 aliphatic carbocycles. The molecule has 0 amide bonds. The zero-order valence-corrected chi connectivity index (χ0v) is 16.1. The summed E-state index contributed by atoms with van der Waals surface area (Å²) in [5.41, 5.74) is -3.94. The molecule has 2 rings (SSSR count). The van der Waals surface area contributed by atoms with Crippen molar-refractivity contribution in [1.82, 2.24) is 0 Å². The molecule has 0 aromatic heterocycles. The molecule has 0 heterocycles. The van der Waals surface area contributed by atoms with Crippen LogP contribution in [0.3, 0.4) is 0 Å². The highest BCUT2D eigenvalue weighted by atomic mass is 16.6. The highest BCUT2D eigenvalue weighted by Crippen LogP contribution is 2.33. The minimum Gasteiger partial charge on any atom is -0.464 e. The number of aliphatic hydroxyl groups is 2. The van der Waals surface area contributed by atoms with Crippen molar-refractivity contribution in [3.63, 3.8) is 0 Å². The highest BCUT2D eigenvalue weighted by Gasteiger charge is 2.61. The third kappa shape index (κ3) is 4.58. The number of hydrogen-bond donors (Lipinski definition) is 2. The molecule has 6 nitrogen and oxygen atoms in total. The van der Waals surface area contributed by atoms with Gasteiger partial charge in [0.15, 0.2) is 0 Å². The van der Waals surface area contributed by atoms with Crippen LogP contribution in [0.4, 0.5) is 0 Å². The molecule has 0 aliphatic heterocycles. The summed E-state index contributed by atoms with van der Waals surface area (Å²) in [5.74, 6) is -2.16. The van der Waals surface area contributed by atoms with E-state index in [0.29, 0.717) is 11.1 Å². The number of esters is 2. The van der Waals surface area contributed by atoms with Gasteiger partial charge < -0.3 is 19.7 Å². The molecular formula is C22H26O6. The number of carbonyl (C=O) groups is 2. The monoisotopic (exact) mass is 386 g/mol. The maximum atomic E-state index is 12.8. The Bertz CT molecular complexity index is 709. The predicted octanol–water partition coefficient (Wildman–Crippen LogP) is 2.06. The predicted molar refractivity (Wildman–Crippen MR) is 103 cm³/mol. The second-order valence-electron chi connectivity index (χ2n) is 6.49. The van der Waals surface area contributed by atoms with Gasteiger partial charge in [0.2, 0.25) is 11.2 Å². The molecule has 0 saturated heterocycles. The Hall–Kier alpha value is -2.70. The molecule has 0 radical (unpaired) electrons. The maximum Gasteiger partial charge on any atom is 0.342 e. The van der Waals surface area contributed by atoms with Gasteiger partial charge in [-0.3, -0.25) is 0 Å². The summed E-state index contributed by atoms with van der Waals surface area (Å²) in [6.07, 6.45) is -0.621. The summed E-state index contributed by atoms with van der Waals surface area (Å²) in [7, 11) is 0. The zero-order valence-electron chi connectivity index (χ0n) is 16.1. The Balaban J connectivity index is 2.55. The quantitative estimate of drug-likeness (QED) is 0.641. The van der Waals surface area contributed by atoms with Crippen LogP contribution in [0.5, 0.6) is 0 Å². The van der Waals surface area contributed by atoms with E-state index in [-0.39, 0.29) is 26.1 Å². The van der Waals surface area contributed by atoms with E-state index in [2.05, 4.69) is 0 Å². The van der Waals surface area contributed by atoms with E-state index >= 15 is 0 Å². The van der Waals surface area contributed by atoms with Crippen molar-refractivity contribution < 1.29 is 29.3 Å². The van der Waals surface area contributed by atoms with E-state index in [9.17, 15) is 19.8 Å². The van der Waals surface area contributed by atoms with Crippen LogP contribution in [0, 0.1) is 0 Å². The molecule has 150 valence electrons. The van der Waals surface area contributed by atoms with E-state index in [4.69, 9.17) is 9.47 Å². The summed E-state index contributed by atoms with van der Waals surface area (Å²) in [4.78, 5) is 25.5. The zero-order chi connectivity index (χ0) is 20.6. The molecule has 6 heteroatoms. The van der Waals surface area contributed by atoms with Gasteiger partial charge in [0.25, 0.3) is 0 Å². The van der Waals surface area contributed by atoms with Gasteiger partial charge >= 0.3 is 11.9 Å². The first-order valence-electron chi connectivity index (χ1n) is 9.24. The van der Waals surface area contributed by atoms with Crippen LogP contribution in [0.2, 0.25) is 0 Å². The molecule has 28 heavy (non-hydrogen) atoms. The number of carbonyl (C=O) groups excluding carboxylic acids is 2. The van der Waals surface area contributed by atoms with Crippen LogP contribution in [0.15, 0.2) is 60.7 Å². The summed E-state index contributed by atoms with van der Waals surface area (Å²) in [6, 6.07) is 17.3. The van der Waals surface area contributed by atoms with Crippen molar-refractivity contribution >= 4 is 11.9 Å². The Kier molecular flexibility index (Phi) is 7.31. The minimum absolute atomic E-state index is 0.0137. The largest absolute Gasteiger partial charge is 0.464 e. The first-order valence-corrected chi connectivity index (χ1v) is 9.24. The van der Waals surface area contributed by atoms with Crippen molar-refractivity contribution in [3.05, 3.63) is 71.8 Å². The molecule has 2 aromatic rings. The Morgan fingerprint density at radius 2 is 1.04 bits per heavy atom. The normalized spacial score (nSPS) is 15.1. The van der Waals surface area contributed by atoms with Gasteiger partial charge in [0, 0.05) is 12.8 Å². The van der Waals surface area contributed by atoms with E-state index in [1.807, 2.05) is 0 Å². The third-order valence-corrected chi connectivity index (χ3v) is 4.52. The first kappa shape index (κ1) is 21.6. The fourth-order valence-electron chi connectivity index (χ4n) is 3.06. The van der Waals surface area contributed by atoms with E-state index in [0.717, 1.165) is 0 Å². The summed E-state index contributed by atoms with van der Waals surface area (Å²) in [5, 5.41) is 22.8. The highest BCUT2D eigenvalue weighted by molar-refractivity contribution is 5.93. The smallest absolute Gasteiger partial charge is 0.342 e. The van der Waals surface area contributed by atoms with Crippen LogP contribution in [-0.4, -0.2) is 46.6 Å². The third-order valence-electron chi connectivity index (χ3n) is 4.52. The molecule has 0 saturated carbocycles. The van der Waals surface area contributed by atoms with Gasteiger partial charge in [-0.05, 0) is 25.0 Å². The number of hydrogen-bond acceptors (Lipinski definition) is 6. The van der Waals surface area contributed by atoms with Crippen molar-refractivity contribution in [2.45, 2.75) is 37.9 Å². The maximum absolute atomic E-state index is 12.8. The lowest BCUT2D eigenvalue weighted by Crippen LogP contribution is -2.67. The molecule has 2 aromatic carbocycles. The second kappa shape index (κ2) is 9.48. The average Bonchev–Trinajstić information content (AvgIpc) is 2.69. The van der Waals surface area contributed by atoms with Crippen molar-refractivity contribution in [2.24, 2.45) is 0 Å². The van der Waals surface area contributed by atoms with Gasteiger partial charge in [-0.25, -0.2) is 9.59 Å². The molecule has 0 fully saturated rings. The van der Waals surface area contributed by atoms with Gasteiger partial charge in [-0.15, -0.1) is 0 Å². The fourth-order valence-corrected chi connectivity index (χ4v) is 3.06. The summed E-state index contributed by atoms with van der Waals surface area (Å²) >= 11 is 0. The van der Waals surface area contributed by atoms with Crippen LogP contribution in [0.1, 0.15) is 25.0 Å². The lowest BCUT2D eigenvalue weighted by atomic mass is 9.74. The van der Waals surface area contributed by atoms with E-state index in [1.165, 1.54) is 0 Å². The van der Waals surface area contributed by atoms with E-state index in [1.54, 1.807) is 74.5 Å². The molecule has 0 spiro atoms. The molecular weight excluding hydrogens is 360 g/mol. The SMILES string of the molecule is CCOC(=O)[C@@](O)(Cc1ccccc1)[C@](O)(Cc1ccccc1)C(=O)OCC. The summed E-state index contributed by atoms with van der Waals surface area (Å²) < 4.78 is 10.1. The first-order chi connectivity index (χ1) is 13.4. The standard InChI is InChI=1S/C22H26O6/c1-3-27-19(23)21(25,15-17-11-7-5-8-12-17)22(26,20(24)28-4-2)16-18-13-9-6-10-14-18/h5-14,25-26H,3-4,15-16H2,1-2H3/t21-,22-/m0/s1. The molecule has 0 unspecified atom stereocenters. The van der Waals surface area contributed by atoms with Crippen LogP contribution >= 0.6 is 0 Å². The van der Waals surface area contributed by atoms with Gasteiger partial charge in [0.05, 0.1) is 13.2 Å². The Labute approximate surface area is 164 Å². The summed E-state index contributed by atoms with van der Waals surface area (Å²) in [6.45, 7) is 3.14. The van der Waals surface area contributed by atoms with Gasteiger partial charge in [0.1, 0.15) is 0 Å². The number of rotatable bonds is 9. The molecule has 2 N–H and O–H groups in total. The topological polar surface area (TPSA) is 93.1 Å². The second-order valence-corrected chi connectivity index (χ2v) is 6.49. The van der Waals surface area contributed by atoms with Crippen molar-refractivity contribution in [3.8, 4) is 0 Å². The lowest BCUT2D eigenvalue weighted by Gasteiger charge is -2.39. The van der Waals surface area contributed by atoms with Gasteiger partial charge in [-0.2, -0.15) is 0 Å². The lowest BCUT2D eigenvalue weighted by molar-refractivity contribution is -0.213. The number of ether oxygens (including phenoxy) is 2. The Morgan fingerprint density at radius 3 is 1.32 bits per heavy atom. The molecule has 2 atom stereocenters. The van der Waals surface area contributed by atoms with E-state index < -0.39 is 23.1 Å². The number of benzene rings is 2. The Morgan fingerprint density at radius 1 is 0.714 bits per heavy atom. The van der Waals surface area contributed by atoms with Crippen molar-refractivity contribution in [2.75, 3.05) is 13.2 Å². The van der Waals surface area contributed by atoms with Crippen LogP contribution < -0.4 is 0 Å². The van der Waals surface area contributed by atoms with Gasteiger partial charge in [-0.1, -0.05) is 60.7 Å². The minimum atomic E-state index is -2.54. The van der Waals surface area contributed by atoms with Crippen LogP contribution in [0.25, 0.3) is 0 Å².